The number of amides is 2. The standard InChI is InChI=1S/C19H31N3O3/c1-6-22(14-18(24)21-19(3,4)5)13-17(23)20-10-11-25-16-9-7-8-15(2)12-16/h7-9,12H,6,10-11,13-14H2,1-5H3,(H,20,23)(H,21,24). The van der Waals surface area contributed by atoms with E-state index in [-0.39, 0.29) is 30.4 Å². The molecule has 0 atom stereocenters. The summed E-state index contributed by atoms with van der Waals surface area (Å²) in [6.45, 7) is 11.6. The summed E-state index contributed by atoms with van der Waals surface area (Å²) >= 11 is 0. The first-order valence-corrected chi connectivity index (χ1v) is 8.69. The molecule has 0 radical (unpaired) electrons. The van der Waals surface area contributed by atoms with Crippen molar-refractivity contribution < 1.29 is 14.3 Å². The fourth-order valence-electron chi connectivity index (χ4n) is 2.26. The average molecular weight is 349 g/mol. The molecule has 1 aromatic carbocycles. The van der Waals surface area contributed by atoms with E-state index in [1.165, 1.54) is 0 Å². The third-order valence-corrected chi connectivity index (χ3v) is 3.38. The Bertz CT molecular complexity index is 567. The highest BCUT2D eigenvalue weighted by molar-refractivity contribution is 5.81. The van der Waals surface area contributed by atoms with E-state index in [1.54, 1.807) is 4.90 Å². The molecular weight excluding hydrogens is 318 g/mol. The zero-order valence-corrected chi connectivity index (χ0v) is 16.0. The van der Waals surface area contributed by atoms with Crippen molar-refractivity contribution in [3.05, 3.63) is 29.8 Å². The SMILES string of the molecule is CCN(CC(=O)NCCOc1cccc(C)c1)CC(=O)NC(C)(C)C. The number of rotatable bonds is 9. The molecule has 1 rings (SSSR count). The summed E-state index contributed by atoms with van der Waals surface area (Å²) in [4.78, 5) is 25.8. The minimum atomic E-state index is -0.272. The van der Waals surface area contributed by atoms with Gasteiger partial charge in [-0.25, -0.2) is 0 Å². The molecule has 140 valence electrons. The molecule has 0 aromatic heterocycles. The third kappa shape index (κ3) is 9.72. The normalized spacial score (nSPS) is 11.3. The van der Waals surface area contributed by atoms with E-state index in [4.69, 9.17) is 4.74 Å². The van der Waals surface area contributed by atoms with E-state index >= 15 is 0 Å². The second kappa shape index (κ2) is 10.0. The van der Waals surface area contributed by atoms with Gasteiger partial charge in [0.15, 0.2) is 0 Å². The maximum Gasteiger partial charge on any atom is 0.234 e. The highest BCUT2D eigenvalue weighted by atomic mass is 16.5. The highest BCUT2D eigenvalue weighted by Crippen LogP contribution is 2.11. The highest BCUT2D eigenvalue weighted by Gasteiger charge is 2.17. The minimum absolute atomic E-state index is 0.0788. The van der Waals surface area contributed by atoms with Crippen molar-refractivity contribution in [2.75, 3.05) is 32.8 Å². The summed E-state index contributed by atoms with van der Waals surface area (Å²) in [6, 6.07) is 7.78. The number of likely N-dealkylation sites (N-methyl/N-ethyl adjacent to an activating group) is 1. The zero-order chi connectivity index (χ0) is 18.9. The average Bonchev–Trinajstić information content (AvgIpc) is 2.49. The van der Waals surface area contributed by atoms with E-state index in [1.807, 2.05) is 58.9 Å². The van der Waals surface area contributed by atoms with Crippen LogP contribution in [0.5, 0.6) is 5.75 Å². The Kier molecular flexibility index (Phi) is 8.41. The summed E-state index contributed by atoms with van der Waals surface area (Å²) in [5.74, 6) is 0.603. The van der Waals surface area contributed by atoms with Crippen LogP contribution in [0, 0.1) is 6.92 Å². The lowest BCUT2D eigenvalue weighted by Gasteiger charge is -2.24. The van der Waals surface area contributed by atoms with E-state index in [9.17, 15) is 9.59 Å². The summed E-state index contributed by atoms with van der Waals surface area (Å²) < 4.78 is 5.60. The molecule has 6 nitrogen and oxygen atoms in total. The largest absolute Gasteiger partial charge is 0.492 e. The predicted molar refractivity (Wildman–Crippen MR) is 99.7 cm³/mol. The van der Waals surface area contributed by atoms with Crippen LogP contribution in [0.3, 0.4) is 0 Å². The fraction of sp³-hybridized carbons (Fsp3) is 0.579. The quantitative estimate of drug-likeness (QED) is 0.666. The van der Waals surface area contributed by atoms with Crippen molar-refractivity contribution in [2.45, 2.75) is 40.2 Å². The summed E-state index contributed by atoms with van der Waals surface area (Å²) in [7, 11) is 0. The number of carbonyl (C=O) groups is 2. The van der Waals surface area contributed by atoms with Crippen LogP contribution in [0.1, 0.15) is 33.3 Å². The van der Waals surface area contributed by atoms with E-state index in [0.717, 1.165) is 11.3 Å². The van der Waals surface area contributed by atoms with Crippen LogP contribution in [0.15, 0.2) is 24.3 Å². The zero-order valence-electron chi connectivity index (χ0n) is 16.0. The molecule has 1 aromatic rings. The van der Waals surface area contributed by atoms with Crippen LogP contribution in [-0.2, 0) is 9.59 Å². The van der Waals surface area contributed by atoms with Gasteiger partial charge in [0.1, 0.15) is 12.4 Å². The first-order chi connectivity index (χ1) is 11.7. The Balaban J connectivity index is 2.28. The van der Waals surface area contributed by atoms with Crippen LogP contribution in [0.25, 0.3) is 0 Å². The van der Waals surface area contributed by atoms with Gasteiger partial charge in [0.25, 0.3) is 0 Å². The number of hydrogen-bond acceptors (Lipinski definition) is 4. The number of carbonyl (C=O) groups excluding carboxylic acids is 2. The number of nitrogens with one attached hydrogen (secondary N) is 2. The van der Waals surface area contributed by atoms with E-state index in [0.29, 0.717) is 19.7 Å². The molecule has 0 saturated heterocycles. The molecule has 0 aliphatic rings. The van der Waals surface area contributed by atoms with Crippen molar-refractivity contribution >= 4 is 11.8 Å². The van der Waals surface area contributed by atoms with Gasteiger partial charge in [0, 0.05) is 5.54 Å². The lowest BCUT2D eigenvalue weighted by molar-refractivity contribution is -0.125. The summed E-state index contributed by atoms with van der Waals surface area (Å²) in [5, 5.41) is 5.72. The Morgan fingerprint density at radius 2 is 1.84 bits per heavy atom. The maximum absolute atomic E-state index is 12.0. The van der Waals surface area contributed by atoms with Crippen LogP contribution in [0.2, 0.25) is 0 Å². The predicted octanol–water partition coefficient (Wildman–Crippen LogP) is 1.73. The number of ether oxygens (including phenoxy) is 1. The molecule has 0 aliphatic heterocycles. The minimum Gasteiger partial charge on any atom is -0.492 e. The molecule has 0 bridgehead atoms. The first-order valence-electron chi connectivity index (χ1n) is 8.69. The lowest BCUT2D eigenvalue weighted by Crippen LogP contribution is -2.48. The molecule has 0 saturated carbocycles. The van der Waals surface area contributed by atoms with Crippen LogP contribution in [0.4, 0.5) is 0 Å². The number of hydrogen-bond donors (Lipinski definition) is 2. The van der Waals surface area contributed by atoms with Crippen molar-refractivity contribution in [1.29, 1.82) is 0 Å². The van der Waals surface area contributed by atoms with Crippen LogP contribution >= 0.6 is 0 Å². The Hall–Kier alpha value is -2.08. The van der Waals surface area contributed by atoms with Gasteiger partial charge >= 0.3 is 0 Å². The van der Waals surface area contributed by atoms with Gasteiger partial charge in [-0.1, -0.05) is 19.1 Å². The van der Waals surface area contributed by atoms with Gasteiger partial charge in [0.05, 0.1) is 19.6 Å². The van der Waals surface area contributed by atoms with Gasteiger partial charge in [-0.3, -0.25) is 14.5 Å². The number of aryl methyl sites for hydroxylation is 1. The van der Waals surface area contributed by atoms with Gasteiger partial charge < -0.3 is 15.4 Å². The number of nitrogens with zero attached hydrogens (tertiary/aromatic N) is 1. The summed E-state index contributed by atoms with van der Waals surface area (Å²) in [6.07, 6.45) is 0. The van der Waals surface area contributed by atoms with Gasteiger partial charge in [-0.2, -0.15) is 0 Å². The lowest BCUT2D eigenvalue weighted by atomic mass is 10.1. The molecular formula is C19H31N3O3. The Morgan fingerprint density at radius 1 is 1.16 bits per heavy atom. The second-order valence-electron chi connectivity index (χ2n) is 7.12. The molecule has 0 spiro atoms. The molecule has 0 unspecified atom stereocenters. The molecule has 25 heavy (non-hydrogen) atoms. The van der Waals surface area contributed by atoms with E-state index < -0.39 is 0 Å². The van der Waals surface area contributed by atoms with Crippen molar-refractivity contribution in [2.24, 2.45) is 0 Å². The van der Waals surface area contributed by atoms with Crippen molar-refractivity contribution in [3.8, 4) is 5.75 Å². The maximum atomic E-state index is 12.0. The molecule has 6 heteroatoms. The van der Waals surface area contributed by atoms with Crippen LogP contribution < -0.4 is 15.4 Å². The smallest absolute Gasteiger partial charge is 0.234 e. The summed E-state index contributed by atoms with van der Waals surface area (Å²) in [5.41, 5.74) is 0.861. The molecule has 2 N–H and O–H groups in total. The monoisotopic (exact) mass is 349 g/mol. The number of benzene rings is 1. The van der Waals surface area contributed by atoms with Gasteiger partial charge in [0.2, 0.25) is 11.8 Å². The third-order valence-electron chi connectivity index (χ3n) is 3.38. The fourth-order valence-corrected chi connectivity index (χ4v) is 2.26. The van der Waals surface area contributed by atoms with Crippen LogP contribution in [-0.4, -0.2) is 55.0 Å². The molecule has 0 aliphatic carbocycles. The first kappa shape index (κ1) is 21.0. The topological polar surface area (TPSA) is 70.7 Å². The molecule has 0 heterocycles. The molecule has 0 fully saturated rings. The second-order valence-corrected chi connectivity index (χ2v) is 7.12. The van der Waals surface area contributed by atoms with Crippen molar-refractivity contribution in [3.63, 3.8) is 0 Å². The Morgan fingerprint density at radius 3 is 2.44 bits per heavy atom. The van der Waals surface area contributed by atoms with Gasteiger partial charge in [-0.15, -0.1) is 0 Å². The van der Waals surface area contributed by atoms with E-state index in [2.05, 4.69) is 10.6 Å². The van der Waals surface area contributed by atoms with Crippen molar-refractivity contribution in [1.82, 2.24) is 15.5 Å². The molecule has 2 amide bonds. The Labute approximate surface area is 150 Å². The van der Waals surface area contributed by atoms with Gasteiger partial charge in [-0.05, 0) is 51.9 Å².